The zero-order valence-corrected chi connectivity index (χ0v) is 10.3. The lowest BCUT2D eigenvalue weighted by molar-refractivity contribution is -0.138. The second-order valence-corrected chi connectivity index (χ2v) is 4.51. The topological polar surface area (TPSA) is 0 Å². The van der Waals surface area contributed by atoms with Crippen molar-refractivity contribution in [3.8, 4) is 0 Å². The predicted octanol–water partition coefficient (Wildman–Crippen LogP) is 4.38. The monoisotopic (exact) mass is 364 g/mol. The number of halogens is 5. The van der Waals surface area contributed by atoms with Crippen LogP contribution in [0.2, 0.25) is 0 Å². The van der Waals surface area contributed by atoms with Gasteiger partial charge in [0.05, 0.1) is 5.56 Å². The minimum atomic E-state index is -4.29. The zero-order valence-electron chi connectivity index (χ0n) is 6.54. The Morgan fingerprint density at radius 2 is 1.85 bits per heavy atom. The fourth-order valence-corrected chi connectivity index (χ4v) is 2.61. The third-order valence-electron chi connectivity index (χ3n) is 1.57. The Morgan fingerprint density at radius 1 is 1.31 bits per heavy atom. The maximum atomic E-state index is 12.5. The Morgan fingerprint density at radius 3 is 2.23 bits per heavy atom. The Bertz CT molecular complexity index is 333. The van der Waals surface area contributed by atoms with Crippen molar-refractivity contribution < 1.29 is 13.2 Å². The lowest BCUT2D eigenvalue weighted by atomic mass is 10.1. The number of hydrogen-bond donors (Lipinski definition) is 0. The molecule has 0 atom stereocenters. The molecule has 1 rings (SSSR count). The molecule has 0 radical (unpaired) electrons. The van der Waals surface area contributed by atoms with Gasteiger partial charge in [0.1, 0.15) is 0 Å². The van der Waals surface area contributed by atoms with E-state index in [2.05, 4.69) is 15.9 Å². The van der Waals surface area contributed by atoms with E-state index in [1.165, 1.54) is 6.07 Å². The van der Waals surface area contributed by atoms with Crippen LogP contribution < -0.4 is 0 Å². The molecular formula is C8H5BrF3I. The molecule has 0 unspecified atom stereocenters. The van der Waals surface area contributed by atoms with Crippen molar-refractivity contribution in [2.75, 3.05) is 0 Å². The minimum absolute atomic E-state index is 0.131. The smallest absolute Gasteiger partial charge is 0.166 e. The van der Waals surface area contributed by atoms with Gasteiger partial charge in [0, 0.05) is 8.04 Å². The summed E-state index contributed by atoms with van der Waals surface area (Å²) in [7, 11) is 0. The molecule has 0 spiro atoms. The standard InChI is InChI=1S/C8H5BrF3I/c1-4-2-3-5(13)6(7(4)9)8(10,11)12/h2-3H,1H3. The summed E-state index contributed by atoms with van der Waals surface area (Å²) in [4.78, 5) is 0. The van der Waals surface area contributed by atoms with Gasteiger partial charge < -0.3 is 0 Å². The second kappa shape index (κ2) is 3.76. The quantitative estimate of drug-likeness (QED) is 0.599. The van der Waals surface area contributed by atoms with E-state index in [0.29, 0.717) is 5.56 Å². The minimum Gasteiger partial charge on any atom is -0.166 e. The largest absolute Gasteiger partial charge is 0.418 e. The van der Waals surface area contributed by atoms with Crippen LogP contribution in [-0.4, -0.2) is 0 Å². The molecule has 0 aliphatic carbocycles. The molecule has 0 aromatic heterocycles. The Balaban J connectivity index is 3.43. The van der Waals surface area contributed by atoms with Crippen LogP contribution in [0.15, 0.2) is 16.6 Å². The molecule has 0 saturated carbocycles. The first kappa shape index (κ1) is 11.3. The predicted molar refractivity (Wildman–Crippen MR) is 56.6 cm³/mol. The molecule has 0 nitrogen and oxygen atoms in total. The summed E-state index contributed by atoms with van der Waals surface area (Å²) >= 11 is 4.62. The van der Waals surface area contributed by atoms with Crippen molar-refractivity contribution in [1.29, 1.82) is 0 Å². The normalized spacial score (nSPS) is 11.8. The molecule has 0 aliphatic heterocycles. The van der Waals surface area contributed by atoms with E-state index in [1.54, 1.807) is 35.6 Å². The number of benzene rings is 1. The van der Waals surface area contributed by atoms with Crippen LogP contribution in [-0.2, 0) is 6.18 Å². The Labute approximate surface area is 95.8 Å². The van der Waals surface area contributed by atoms with Crippen LogP contribution in [0.3, 0.4) is 0 Å². The molecule has 0 N–H and O–H groups in total. The molecule has 13 heavy (non-hydrogen) atoms. The first-order valence-corrected chi connectivity index (χ1v) is 5.23. The highest BCUT2D eigenvalue weighted by molar-refractivity contribution is 14.1. The van der Waals surface area contributed by atoms with Gasteiger partial charge in [0.25, 0.3) is 0 Å². The van der Waals surface area contributed by atoms with Crippen molar-refractivity contribution in [3.05, 3.63) is 31.3 Å². The van der Waals surface area contributed by atoms with Crippen molar-refractivity contribution in [3.63, 3.8) is 0 Å². The second-order valence-electron chi connectivity index (χ2n) is 2.55. The molecular weight excluding hydrogens is 360 g/mol. The summed E-state index contributed by atoms with van der Waals surface area (Å²) in [5, 5.41) is 0. The van der Waals surface area contributed by atoms with E-state index in [0.717, 1.165) is 0 Å². The molecule has 1 aromatic rings. The van der Waals surface area contributed by atoms with Gasteiger partial charge >= 0.3 is 6.18 Å². The first-order chi connectivity index (χ1) is 5.84. The number of alkyl halides is 3. The van der Waals surface area contributed by atoms with Gasteiger partial charge in [-0.1, -0.05) is 6.07 Å². The molecule has 0 heterocycles. The van der Waals surface area contributed by atoms with Gasteiger partial charge in [-0.05, 0) is 57.1 Å². The molecule has 0 amide bonds. The summed E-state index contributed by atoms with van der Waals surface area (Å²) < 4.78 is 37.7. The summed E-state index contributed by atoms with van der Waals surface area (Å²) in [6.07, 6.45) is -4.29. The lowest BCUT2D eigenvalue weighted by Gasteiger charge is -2.12. The van der Waals surface area contributed by atoms with Crippen LogP contribution >= 0.6 is 38.5 Å². The van der Waals surface area contributed by atoms with Crippen molar-refractivity contribution in [2.45, 2.75) is 13.1 Å². The Hall–Kier alpha value is 0.220. The van der Waals surface area contributed by atoms with E-state index in [4.69, 9.17) is 0 Å². The van der Waals surface area contributed by atoms with E-state index >= 15 is 0 Å². The zero-order chi connectivity index (χ0) is 10.2. The van der Waals surface area contributed by atoms with Gasteiger partial charge in [0.2, 0.25) is 0 Å². The summed E-state index contributed by atoms with van der Waals surface area (Å²) in [5.74, 6) is 0. The van der Waals surface area contributed by atoms with Crippen LogP contribution in [0, 0.1) is 10.5 Å². The third kappa shape index (κ3) is 2.37. The maximum absolute atomic E-state index is 12.5. The SMILES string of the molecule is Cc1ccc(I)c(C(F)(F)F)c1Br. The first-order valence-electron chi connectivity index (χ1n) is 3.36. The highest BCUT2D eigenvalue weighted by Gasteiger charge is 2.35. The fraction of sp³-hybridized carbons (Fsp3) is 0.250. The van der Waals surface area contributed by atoms with E-state index < -0.39 is 11.7 Å². The molecule has 72 valence electrons. The van der Waals surface area contributed by atoms with Crippen LogP contribution in [0.4, 0.5) is 13.2 Å². The van der Waals surface area contributed by atoms with Crippen LogP contribution in [0.1, 0.15) is 11.1 Å². The third-order valence-corrected chi connectivity index (χ3v) is 3.49. The molecule has 0 saturated heterocycles. The van der Waals surface area contributed by atoms with Gasteiger partial charge in [-0.25, -0.2) is 0 Å². The molecule has 0 bridgehead atoms. The summed E-state index contributed by atoms with van der Waals surface area (Å²) in [5.41, 5.74) is 0.000779. The van der Waals surface area contributed by atoms with E-state index in [-0.39, 0.29) is 8.04 Å². The fourth-order valence-electron chi connectivity index (χ4n) is 0.917. The average molecular weight is 365 g/mol. The van der Waals surface area contributed by atoms with Crippen molar-refractivity contribution in [2.24, 2.45) is 0 Å². The van der Waals surface area contributed by atoms with Gasteiger partial charge in [0.15, 0.2) is 0 Å². The highest BCUT2D eigenvalue weighted by Crippen LogP contribution is 2.39. The Kier molecular flexibility index (Phi) is 3.27. The summed E-state index contributed by atoms with van der Waals surface area (Å²) in [6.45, 7) is 1.63. The molecule has 0 aliphatic rings. The molecule has 1 aromatic carbocycles. The van der Waals surface area contributed by atoms with E-state index in [9.17, 15) is 13.2 Å². The van der Waals surface area contributed by atoms with Crippen LogP contribution in [0.5, 0.6) is 0 Å². The van der Waals surface area contributed by atoms with Gasteiger partial charge in [-0.2, -0.15) is 13.2 Å². The summed E-state index contributed by atoms with van der Waals surface area (Å²) in [6, 6.07) is 3.12. The number of rotatable bonds is 0. The van der Waals surface area contributed by atoms with Crippen molar-refractivity contribution in [1.82, 2.24) is 0 Å². The van der Waals surface area contributed by atoms with E-state index in [1.807, 2.05) is 0 Å². The number of aryl methyl sites for hydroxylation is 1. The van der Waals surface area contributed by atoms with Gasteiger partial charge in [-0.15, -0.1) is 0 Å². The maximum Gasteiger partial charge on any atom is 0.418 e. The lowest BCUT2D eigenvalue weighted by Crippen LogP contribution is -2.09. The average Bonchev–Trinajstić information content (AvgIpc) is 1.95. The number of hydrogen-bond acceptors (Lipinski definition) is 0. The molecule has 0 fully saturated rings. The van der Waals surface area contributed by atoms with Gasteiger partial charge in [-0.3, -0.25) is 0 Å². The molecule has 5 heteroatoms. The van der Waals surface area contributed by atoms with Crippen molar-refractivity contribution >= 4 is 38.5 Å². The van der Waals surface area contributed by atoms with Crippen LogP contribution in [0.25, 0.3) is 0 Å². The highest BCUT2D eigenvalue weighted by atomic mass is 127.